The van der Waals surface area contributed by atoms with E-state index in [1.54, 1.807) is 24.7 Å². The summed E-state index contributed by atoms with van der Waals surface area (Å²) in [5.41, 5.74) is 2.94. The number of nitrogens with zero attached hydrogens (tertiary/aromatic N) is 3. The number of esters is 1. The van der Waals surface area contributed by atoms with Crippen LogP contribution >= 0.6 is 0 Å². The molecule has 2 heterocycles. The van der Waals surface area contributed by atoms with E-state index in [1.165, 1.54) is 0 Å². The van der Waals surface area contributed by atoms with Gasteiger partial charge in [0, 0.05) is 7.05 Å². The Hall–Kier alpha value is -3.16. The molecule has 29 heavy (non-hydrogen) atoms. The molecule has 3 rings (SSSR count). The summed E-state index contributed by atoms with van der Waals surface area (Å²) >= 11 is 0. The summed E-state index contributed by atoms with van der Waals surface area (Å²) in [7, 11) is 1.74. The molecule has 0 bridgehead atoms. The largest absolute Gasteiger partial charge is 0.493 e. The van der Waals surface area contributed by atoms with Gasteiger partial charge in [-0.3, -0.25) is 14.3 Å². The third-order valence-electron chi connectivity index (χ3n) is 4.50. The van der Waals surface area contributed by atoms with E-state index in [0.717, 1.165) is 24.1 Å². The molecule has 0 fully saturated rings. The number of nitrogens with one attached hydrogen (secondary N) is 1. The Morgan fingerprint density at radius 1 is 1.21 bits per heavy atom. The first-order valence-corrected chi connectivity index (χ1v) is 9.86. The zero-order chi connectivity index (χ0) is 21.0. The monoisotopic (exact) mass is 398 g/mol. The third-order valence-corrected chi connectivity index (χ3v) is 4.50. The molecular formula is C21H26N4O4. The Balaban J connectivity index is 2.14. The summed E-state index contributed by atoms with van der Waals surface area (Å²) < 4.78 is 12.3. The molecule has 1 aromatic carbocycles. The van der Waals surface area contributed by atoms with Crippen LogP contribution in [0.15, 0.2) is 23.0 Å². The van der Waals surface area contributed by atoms with Crippen LogP contribution in [0.3, 0.4) is 0 Å². The van der Waals surface area contributed by atoms with Gasteiger partial charge < -0.3 is 14.5 Å². The Kier molecular flexibility index (Phi) is 6.31. The second-order valence-corrected chi connectivity index (χ2v) is 6.68. The van der Waals surface area contributed by atoms with Crippen LogP contribution in [-0.2, 0) is 29.4 Å². The maximum Gasteiger partial charge on any atom is 0.310 e. The molecule has 0 spiro atoms. The van der Waals surface area contributed by atoms with E-state index in [9.17, 15) is 9.59 Å². The number of ether oxygens (including phenoxy) is 2. The number of rotatable bonds is 8. The summed E-state index contributed by atoms with van der Waals surface area (Å²) in [6, 6.07) is 5.41. The van der Waals surface area contributed by atoms with Gasteiger partial charge >= 0.3 is 5.97 Å². The molecular weight excluding hydrogens is 372 g/mol. The number of H-pyrrole nitrogens is 1. The van der Waals surface area contributed by atoms with Crippen LogP contribution in [0.1, 0.15) is 38.4 Å². The van der Waals surface area contributed by atoms with E-state index in [2.05, 4.69) is 17.0 Å². The van der Waals surface area contributed by atoms with E-state index in [0.29, 0.717) is 41.4 Å². The first kappa shape index (κ1) is 20.6. The molecule has 0 saturated heterocycles. The highest BCUT2D eigenvalue weighted by molar-refractivity contribution is 5.80. The number of carbonyl (C=O) groups is 1. The predicted octanol–water partition coefficient (Wildman–Crippen LogP) is 2.78. The molecule has 3 aromatic rings. The molecule has 154 valence electrons. The maximum absolute atomic E-state index is 12.8. The van der Waals surface area contributed by atoms with Crippen LogP contribution in [0.4, 0.5) is 0 Å². The SMILES string of the molecule is CCCc1nn(C)c2c(=O)[nH]c(-c3cc(CC(=O)OCC)ccc3OCC)nc12. The minimum atomic E-state index is -0.308. The molecule has 1 N–H and O–H groups in total. The number of aromatic nitrogens is 4. The smallest absolute Gasteiger partial charge is 0.310 e. The fourth-order valence-corrected chi connectivity index (χ4v) is 3.31. The van der Waals surface area contributed by atoms with Crippen LogP contribution in [-0.4, -0.2) is 38.9 Å². The second kappa shape index (κ2) is 8.89. The molecule has 2 aromatic heterocycles. The number of hydrogen-bond acceptors (Lipinski definition) is 6. The lowest BCUT2D eigenvalue weighted by Crippen LogP contribution is -2.13. The van der Waals surface area contributed by atoms with Gasteiger partial charge in [0.1, 0.15) is 17.1 Å². The highest BCUT2D eigenvalue weighted by Crippen LogP contribution is 2.30. The first-order chi connectivity index (χ1) is 14.0. The van der Waals surface area contributed by atoms with Crippen molar-refractivity contribution in [1.82, 2.24) is 19.7 Å². The van der Waals surface area contributed by atoms with Crippen LogP contribution < -0.4 is 10.3 Å². The second-order valence-electron chi connectivity index (χ2n) is 6.68. The molecule has 0 aliphatic heterocycles. The van der Waals surface area contributed by atoms with Crippen LogP contribution in [0, 0.1) is 0 Å². The number of carbonyl (C=O) groups excluding carboxylic acids is 1. The topological polar surface area (TPSA) is 99.1 Å². The number of aryl methyl sites for hydroxylation is 2. The van der Waals surface area contributed by atoms with Crippen LogP contribution in [0.25, 0.3) is 22.4 Å². The summed E-state index contributed by atoms with van der Waals surface area (Å²) in [4.78, 5) is 32.2. The molecule has 8 heteroatoms. The van der Waals surface area contributed by atoms with Crippen molar-refractivity contribution in [2.24, 2.45) is 7.05 Å². The highest BCUT2D eigenvalue weighted by Gasteiger charge is 2.18. The third kappa shape index (κ3) is 4.31. The molecule has 0 saturated carbocycles. The average molecular weight is 398 g/mol. The highest BCUT2D eigenvalue weighted by atomic mass is 16.5. The number of hydrogen-bond donors (Lipinski definition) is 1. The summed E-state index contributed by atoms with van der Waals surface area (Å²) in [5.74, 6) is 0.669. The van der Waals surface area contributed by atoms with Crippen molar-refractivity contribution in [2.45, 2.75) is 40.0 Å². The van der Waals surface area contributed by atoms with Crippen molar-refractivity contribution in [1.29, 1.82) is 0 Å². The Morgan fingerprint density at radius 3 is 2.69 bits per heavy atom. The molecule has 0 amide bonds. The van der Waals surface area contributed by atoms with Crippen molar-refractivity contribution < 1.29 is 14.3 Å². The number of benzene rings is 1. The minimum Gasteiger partial charge on any atom is -0.493 e. The van der Waals surface area contributed by atoms with Gasteiger partial charge in [-0.1, -0.05) is 19.4 Å². The fraction of sp³-hybridized carbons (Fsp3) is 0.429. The van der Waals surface area contributed by atoms with Crippen molar-refractivity contribution in [3.8, 4) is 17.1 Å². The molecule has 0 aliphatic rings. The standard InChI is InChI=1S/C21H26N4O4/c1-5-8-15-18-19(25(4)24-15)21(27)23-20(22-18)14-11-13(12-17(26)29-7-3)9-10-16(14)28-6-2/h9-11H,5-8,12H2,1-4H3,(H,22,23,27). The van der Waals surface area contributed by atoms with Gasteiger partial charge in [-0.15, -0.1) is 0 Å². The predicted molar refractivity (Wildman–Crippen MR) is 110 cm³/mol. The molecule has 0 aliphatic carbocycles. The zero-order valence-electron chi connectivity index (χ0n) is 17.2. The van der Waals surface area contributed by atoms with E-state index < -0.39 is 0 Å². The van der Waals surface area contributed by atoms with Crippen molar-refractivity contribution >= 4 is 17.0 Å². The summed E-state index contributed by atoms with van der Waals surface area (Å²) in [5, 5.41) is 4.45. The van der Waals surface area contributed by atoms with Gasteiger partial charge in [0.25, 0.3) is 5.56 Å². The van der Waals surface area contributed by atoms with Gasteiger partial charge in [0.05, 0.1) is 30.9 Å². The van der Waals surface area contributed by atoms with E-state index >= 15 is 0 Å². The fourth-order valence-electron chi connectivity index (χ4n) is 3.31. The number of fused-ring (bicyclic) bond motifs is 1. The Bertz CT molecular complexity index is 1080. The summed E-state index contributed by atoms with van der Waals surface area (Å²) in [6.07, 6.45) is 1.76. The Labute approximate surface area is 168 Å². The van der Waals surface area contributed by atoms with Gasteiger partial charge in [-0.25, -0.2) is 4.98 Å². The van der Waals surface area contributed by atoms with Gasteiger partial charge in [0.15, 0.2) is 5.52 Å². The molecule has 0 unspecified atom stereocenters. The molecule has 0 atom stereocenters. The van der Waals surface area contributed by atoms with Crippen molar-refractivity contribution in [3.63, 3.8) is 0 Å². The first-order valence-electron chi connectivity index (χ1n) is 9.86. The van der Waals surface area contributed by atoms with Gasteiger partial charge in [0.2, 0.25) is 0 Å². The van der Waals surface area contributed by atoms with E-state index in [-0.39, 0.29) is 17.9 Å². The van der Waals surface area contributed by atoms with Crippen molar-refractivity contribution in [2.75, 3.05) is 13.2 Å². The normalized spacial score (nSPS) is 11.0. The lowest BCUT2D eigenvalue weighted by Gasteiger charge is -2.12. The minimum absolute atomic E-state index is 0.133. The quantitative estimate of drug-likeness (QED) is 0.586. The molecule has 8 nitrogen and oxygen atoms in total. The van der Waals surface area contributed by atoms with E-state index in [1.807, 2.05) is 19.1 Å². The Morgan fingerprint density at radius 2 is 2.00 bits per heavy atom. The van der Waals surface area contributed by atoms with Crippen LogP contribution in [0.2, 0.25) is 0 Å². The lowest BCUT2D eigenvalue weighted by molar-refractivity contribution is -0.142. The lowest BCUT2D eigenvalue weighted by atomic mass is 10.1. The maximum atomic E-state index is 12.8. The van der Waals surface area contributed by atoms with E-state index in [4.69, 9.17) is 14.5 Å². The summed E-state index contributed by atoms with van der Waals surface area (Å²) in [6.45, 7) is 6.50. The average Bonchev–Trinajstić information content (AvgIpc) is 2.99. The van der Waals surface area contributed by atoms with Gasteiger partial charge in [-0.2, -0.15) is 5.10 Å². The van der Waals surface area contributed by atoms with Gasteiger partial charge in [-0.05, 0) is 38.0 Å². The molecule has 0 radical (unpaired) electrons. The number of aromatic amines is 1. The van der Waals surface area contributed by atoms with Crippen LogP contribution in [0.5, 0.6) is 5.75 Å². The van der Waals surface area contributed by atoms with Crippen molar-refractivity contribution in [3.05, 3.63) is 39.8 Å². The zero-order valence-corrected chi connectivity index (χ0v) is 17.2.